The van der Waals surface area contributed by atoms with Crippen molar-refractivity contribution in [3.05, 3.63) is 82.8 Å². The fourth-order valence-electron chi connectivity index (χ4n) is 3.92. The Hall–Kier alpha value is -3.60. The van der Waals surface area contributed by atoms with Crippen molar-refractivity contribution in [2.75, 3.05) is 31.9 Å². The summed E-state index contributed by atoms with van der Waals surface area (Å²) in [7, 11) is -2.21. The van der Waals surface area contributed by atoms with E-state index in [1.54, 1.807) is 30.5 Å². The van der Waals surface area contributed by atoms with Crippen molar-refractivity contribution in [1.29, 1.82) is 0 Å². The van der Waals surface area contributed by atoms with E-state index in [1.807, 2.05) is 0 Å². The summed E-state index contributed by atoms with van der Waals surface area (Å²) >= 11 is 6.09. The predicted molar refractivity (Wildman–Crippen MR) is 139 cm³/mol. The number of H-pyrrole nitrogens is 1. The zero-order valence-electron chi connectivity index (χ0n) is 19.9. The predicted octanol–water partition coefficient (Wildman–Crippen LogP) is 4.78. The molecular weight excluding hydrogens is 523 g/mol. The number of Topliss-reactive ketones (excluding diaryl/α,β-unsaturated/α-hetero) is 1. The van der Waals surface area contributed by atoms with Crippen molar-refractivity contribution < 1.29 is 32.2 Å². The zero-order valence-corrected chi connectivity index (χ0v) is 21.5. The summed E-state index contributed by atoms with van der Waals surface area (Å²) in [5, 5.41) is 13.4. The van der Waals surface area contributed by atoms with Crippen LogP contribution in [0.15, 0.2) is 65.7 Å². The molecule has 3 aromatic carbocycles. The van der Waals surface area contributed by atoms with E-state index in [-0.39, 0.29) is 40.9 Å². The number of fused-ring (bicyclic) bond motifs is 1. The van der Waals surface area contributed by atoms with Crippen LogP contribution in [0.2, 0.25) is 5.02 Å². The SMILES string of the molecule is COc1cc(NC(C(=O)c2c[nH]c3cc(Cl)ccc23)c2ccc(F)cc2OCCO)cc(S(C)(=O)=O)c1. The molecule has 0 radical (unpaired) electrons. The number of aliphatic hydroxyl groups is 1. The Balaban J connectivity index is 1.87. The molecule has 11 heteroatoms. The minimum atomic E-state index is -3.60. The van der Waals surface area contributed by atoms with E-state index >= 15 is 0 Å². The van der Waals surface area contributed by atoms with Crippen molar-refractivity contribution in [1.82, 2.24) is 4.98 Å². The molecule has 194 valence electrons. The molecule has 0 bridgehead atoms. The van der Waals surface area contributed by atoms with Crippen molar-refractivity contribution >= 4 is 43.8 Å². The molecule has 0 aliphatic heterocycles. The maximum Gasteiger partial charge on any atom is 0.191 e. The van der Waals surface area contributed by atoms with Gasteiger partial charge in [0.05, 0.1) is 18.6 Å². The van der Waals surface area contributed by atoms with E-state index in [2.05, 4.69) is 10.3 Å². The number of carbonyl (C=O) groups excluding carboxylic acids is 1. The third-order valence-electron chi connectivity index (χ3n) is 5.66. The Morgan fingerprint density at radius 1 is 1.16 bits per heavy atom. The zero-order chi connectivity index (χ0) is 26.7. The monoisotopic (exact) mass is 546 g/mol. The average Bonchev–Trinajstić information content (AvgIpc) is 3.28. The normalized spacial score (nSPS) is 12.4. The fraction of sp³-hybridized carbons (Fsp3) is 0.192. The second-order valence-electron chi connectivity index (χ2n) is 8.26. The van der Waals surface area contributed by atoms with E-state index < -0.39 is 27.5 Å². The molecule has 0 saturated heterocycles. The van der Waals surface area contributed by atoms with Crippen LogP contribution < -0.4 is 14.8 Å². The summed E-state index contributed by atoms with van der Waals surface area (Å²) < 4.78 is 49.5. The van der Waals surface area contributed by atoms with Crippen molar-refractivity contribution in [2.24, 2.45) is 0 Å². The number of ketones is 1. The summed E-state index contributed by atoms with van der Waals surface area (Å²) in [6, 6.07) is 11.9. The highest BCUT2D eigenvalue weighted by Gasteiger charge is 2.28. The number of nitrogens with one attached hydrogen (secondary N) is 2. The van der Waals surface area contributed by atoms with Gasteiger partial charge in [-0.15, -0.1) is 0 Å². The lowest BCUT2D eigenvalue weighted by Crippen LogP contribution is -2.22. The van der Waals surface area contributed by atoms with E-state index in [0.29, 0.717) is 21.5 Å². The minimum Gasteiger partial charge on any atom is -0.497 e. The second-order valence-corrected chi connectivity index (χ2v) is 10.7. The molecule has 1 heterocycles. The van der Waals surface area contributed by atoms with E-state index in [1.165, 1.54) is 31.4 Å². The lowest BCUT2D eigenvalue weighted by atomic mass is 9.95. The smallest absolute Gasteiger partial charge is 0.191 e. The van der Waals surface area contributed by atoms with Crippen LogP contribution in [0.25, 0.3) is 10.9 Å². The quantitative estimate of drug-likeness (QED) is 0.245. The summed E-state index contributed by atoms with van der Waals surface area (Å²) in [5.41, 5.74) is 1.53. The van der Waals surface area contributed by atoms with E-state index in [0.717, 1.165) is 12.3 Å². The van der Waals surface area contributed by atoms with Gasteiger partial charge in [0, 0.05) is 57.3 Å². The number of methoxy groups -OCH3 is 1. The van der Waals surface area contributed by atoms with E-state index in [4.69, 9.17) is 21.1 Å². The first-order chi connectivity index (χ1) is 17.6. The molecule has 0 aliphatic rings. The van der Waals surface area contributed by atoms with Crippen molar-refractivity contribution in [2.45, 2.75) is 10.9 Å². The van der Waals surface area contributed by atoms with E-state index in [9.17, 15) is 22.7 Å². The molecular formula is C26H24ClFN2O6S. The molecule has 4 rings (SSSR count). The first-order valence-corrected chi connectivity index (χ1v) is 13.4. The van der Waals surface area contributed by atoms with Gasteiger partial charge in [-0.1, -0.05) is 17.7 Å². The number of hydrogen-bond donors (Lipinski definition) is 3. The van der Waals surface area contributed by atoms with Gasteiger partial charge in [-0.05, 0) is 36.4 Å². The van der Waals surface area contributed by atoms with Gasteiger partial charge in [0.25, 0.3) is 0 Å². The number of anilines is 1. The number of ether oxygens (including phenoxy) is 2. The molecule has 1 aromatic heterocycles. The second kappa shape index (κ2) is 10.8. The number of rotatable bonds is 10. The third kappa shape index (κ3) is 5.87. The maximum absolute atomic E-state index is 14.1. The summed E-state index contributed by atoms with van der Waals surface area (Å²) in [4.78, 5) is 17.0. The molecule has 0 fully saturated rings. The van der Waals surface area contributed by atoms with Gasteiger partial charge in [-0.2, -0.15) is 0 Å². The lowest BCUT2D eigenvalue weighted by Gasteiger charge is -2.23. The number of benzene rings is 3. The average molecular weight is 547 g/mol. The standard InChI is InChI=1S/C26H24ClFN2O6S/c1-35-18-11-17(12-19(13-18)37(2,33)34)30-25(21-6-4-16(28)10-24(21)36-8-7-31)26(32)22-14-29-23-9-15(27)3-5-20(22)23/h3-6,9-14,25,29-31H,7-8H2,1-2H3. The molecule has 0 amide bonds. The highest BCUT2D eigenvalue weighted by molar-refractivity contribution is 7.90. The molecule has 8 nitrogen and oxygen atoms in total. The van der Waals surface area contributed by atoms with Gasteiger partial charge in [0.15, 0.2) is 15.6 Å². The molecule has 1 atom stereocenters. The molecule has 37 heavy (non-hydrogen) atoms. The summed E-state index contributed by atoms with van der Waals surface area (Å²) in [5.74, 6) is -0.689. The van der Waals surface area contributed by atoms with Crippen LogP contribution in [0.3, 0.4) is 0 Å². The van der Waals surface area contributed by atoms with Crippen molar-refractivity contribution in [3.63, 3.8) is 0 Å². The molecule has 4 aromatic rings. The highest BCUT2D eigenvalue weighted by Crippen LogP contribution is 2.35. The van der Waals surface area contributed by atoms with Gasteiger partial charge in [-0.25, -0.2) is 12.8 Å². The molecule has 0 spiro atoms. The number of carbonyl (C=O) groups is 1. The van der Waals surface area contributed by atoms with Crippen LogP contribution in [0.1, 0.15) is 22.0 Å². The first-order valence-electron chi connectivity index (χ1n) is 11.1. The Morgan fingerprint density at radius 3 is 2.65 bits per heavy atom. The number of sulfone groups is 1. The van der Waals surface area contributed by atoms with Gasteiger partial charge in [-0.3, -0.25) is 4.79 Å². The van der Waals surface area contributed by atoms with Gasteiger partial charge in [0.1, 0.15) is 30.0 Å². The Labute approximate surface area is 217 Å². The number of aromatic amines is 1. The lowest BCUT2D eigenvalue weighted by molar-refractivity contribution is 0.0969. The minimum absolute atomic E-state index is 0.0156. The van der Waals surface area contributed by atoms with Gasteiger partial charge < -0.3 is 24.9 Å². The topological polar surface area (TPSA) is 118 Å². The van der Waals surface area contributed by atoms with Crippen LogP contribution in [-0.2, 0) is 9.84 Å². The summed E-state index contributed by atoms with van der Waals surface area (Å²) in [6.45, 7) is -0.445. The van der Waals surface area contributed by atoms with Crippen LogP contribution in [-0.4, -0.2) is 50.9 Å². The largest absolute Gasteiger partial charge is 0.497 e. The van der Waals surface area contributed by atoms with Crippen LogP contribution >= 0.6 is 11.6 Å². The maximum atomic E-state index is 14.1. The fourth-order valence-corrected chi connectivity index (χ4v) is 4.77. The van der Waals surface area contributed by atoms with Crippen molar-refractivity contribution in [3.8, 4) is 11.5 Å². The Kier molecular flexibility index (Phi) is 7.72. The first kappa shape index (κ1) is 26.5. The number of aromatic nitrogens is 1. The highest BCUT2D eigenvalue weighted by atomic mass is 35.5. The summed E-state index contributed by atoms with van der Waals surface area (Å²) in [6.07, 6.45) is 2.61. The van der Waals surface area contributed by atoms with Crippen LogP contribution in [0.5, 0.6) is 11.5 Å². The molecule has 3 N–H and O–H groups in total. The molecule has 0 saturated carbocycles. The van der Waals surface area contributed by atoms with Crippen LogP contribution in [0, 0.1) is 5.82 Å². The number of halogens is 2. The Bertz CT molecular complexity index is 1570. The Morgan fingerprint density at radius 2 is 1.95 bits per heavy atom. The molecule has 1 unspecified atom stereocenters. The van der Waals surface area contributed by atoms with Gasteiger partial charge in [0.2, 0.25) is 0 Å². The molecule has 0 aliphatic carbocycles. The number of aliphatic hydroxyl groups excluding tert-OH is 1. The van der Waals surface area contributed by atoms with Crippen LogP contribution in [0.4, 0.5) is 10.1 Å². The van der Waals surface area contributed by atoms with Gasteiger partial charge >= 0.3 is 0 Å². The third-order valence-corrected chi connectivity index (χ3v) is 6.99. The number of hydrogen-bond acceptors (Lipinski definition) is 7.